The Morgan fingerprint density at radius 3 is 2.13 bits per heavy atom. The third-order valence-electron chi connectivity index (χ3n) is 9.44. The van der Waals surface area contributed by atoms with Crippen molar-refractivity contribution in [3.63, 3.8) is 0 Å². The van der Waals surface area contributed by atoms with E-state index in [0.717, 1.165) is 28.7 Å². The van der Waals surface area contributed by atoms with Crippen LogP contribution in [0, 0.1) is 0 Å². The number of anilines is 2. The molecule has 17 heteroatoms. The molecule has 0 atom stereocenters. The predicted molar refractivity (Wildman–Crippen MR) is 214 cm³/mol. The lowest BCUT2D eigenvalue weighted by Gasteiger charge is -2.26. The Bertz CT molecular complexity index is 2540. The van der Waals surface area contributed by atoms with E-state index in [2.05, 4.69) is 23.7 Å². The fraction of sp³-hybridized carbons (Fsp3) is 0.278. The highest BCUT2D eigenvalue weighted by atomic mass is 127. The first-order valence-corrected chi connectivity index (χ1v) is 22.1. The maximum absolute atomic E-state index is 12.3. The molecule has 0 bridgehead atoms. The van der Waals surface area contributed by atoms with Crippen molar-refractivity contribution in [2.24, 2.45) is 0 Å². The zero-order valence-corrected chi connectivity index (χ0v) is 34.0. The topological polar surface area (TPSA) is 198 Å². The number of hydrogen-bond acceptors (Lipinski definition) is 8. The molecule has 0 aliphatic carbocycles. The number of hydrogen-bond donors (Lipinski definition) is 4. The average molecular weight is 897 g/mol. The van der Waals surface area contributed by atoms with E-state index in [1.807, 2.05) is 66.1 Å². The van der Waals surface area contributed by atoms with Gasteiger partial charge in [-0.3, -0.25) is 18.5 Å². The van der Waals surface area contributed by atoms with E-state index in [1.54, 1.807) is 43.1 Å². The first-order valence-electron chi connectivity index (χ1n) is 16.1. The van der Waals surface area contributed by atoms with Gasteiger partial charge in [-0.2, -0.15) is 29.8 Å². The SMILES string of the molecule is C[N+]1=C(C=CC=CC=CC=C2N(CCS(=O)(=O)O)c3ccc4c(S(=O)(=O)O)cc(S(=O)(=O)O)cc4c3C2(C)C)C(C)(C)c2cc(NC(=O)CI)ccc21. The lowest BCUT2D eigenvalue weighted by atomic mass is 9.81. The van der Waals surface area contributed by atoms with Gasteiger partial charge in [-0.25, -0.2) is 0 Å². The van der Waals surface area contributed by atoms with E-state index < -0.39 is 51.3 Å². The maximum atomic E-state index is 12.3. The van der Waals surface area contributed by atoms with Gasteiger partial charge in [-0.05, 0) is 61.2 Å². The molecule has 4 N–H and O–H groups in total. The third kappa shape index (κ3) is 8.20. The third-order valence-corrected chi connectivity index (χ3v) is 12.6. The van der Waals surface area contributed by atoms with Gasteiger partial charge in [0.25, 0.3) is 30.4 Å². The molecule has 53 heavy (non-hydrogen) atoms. The maximum Gasteiger partial charge on any atom is 0.295 e. The zero-order chi connectivity index (χ0) is 39.3. The van der Waals surface area contributed by atoms with Crippen molar-refractivity contribution in [1.82, 2.24) is 0 Å². The minimum Gasteiger partial charge on any atom is -0.343 e. The van der Waals surface area contributed by atoms with E-state index in [1.165, 1.54) is 12.1 Å². The standard InChI is InChI=1S/C36H38IN3O10S3/c1-35(2)27-19-23(38-33(41)22-37)13-15-28(27)39(5)31(35)11-9-7-6-8-10-12-32-36(3,4)34-26-20-24(52(45,46)47)21-30(53(48,49)50)25(26)14-16-29(34)40(32)17-18-51(42,43)44/h6-16,19-21H,17-18,22H2,1-5H3,(H3-,38,41,42,43,44,45,46,47,48,49,50)/p+1. The molecule has 2 aliphatic rings. The van der Waals surface area contributed by atoms with Crippen LogP contribution in [0.3, 0.4) is 0 Å². The molecule has 2 heterocycles. The number of nitrogens with one attached hydrogen (secondary N) is 1. The van der Waals surface area contributed by atoms with Crippen LogP contribution >= 0.6 is 22.6 Å². The summed E-state index contributed by atoms with van der Waals surface area (Å²) < 4.78 is 104. The van der Waals surface area contributed by atoms with Crippen molar-refractivity contribution in [3.8, 4) is 0 Å². The molecule has 282 valence electrons. The monoisotopic (exact) mass is 896 g/mol. The molecule has 3 aromatic carbocycles. The van der Waals surface area contributed by atoms with Crippen molar-refractivity contribution in [2.75, 3.05) is 34.0 Å². The number of nitrogens with zero attached hydrogens (tertiary/aromatic N) is 2. The summed E-state index contributed by atoms with van der Waals surface area (Å²) >= 11 is 2.02. The molecule has 0 unspecified atom stereocenters. The Morgan fingerprint density at radius 2 is 1.51 bits per heavy atom. The smallest absolute Gasteiger partial charge is 0.295 e. The van der Waals surface area contributed by atoms with Crippen LogP contribution in [0.1, 0.15) is 38.8 Å². The number of fused-ring (bicyclic) bond motifs is 4. The van der Waals surface area contributed by atoms with E-state index in [4.69, 9.17) is 0 Å². The van der Waals surface area contributed by atoms with Gasteiger partial charge < -0.3 is 10.2 Å². The number of alkyl halides is 1. The van der Waals surface area contributed by atoms with Crippen LogP contribution in [-0.2, 0) is 46.0 Å². The second kappa shape index (κ2) is 14.5. The Kier molecular flexibility index (Phi) is 11.1. The lowest BCUT2D eigenvalue weighted by Crippen LogP contribution is -2.30. The number of allylic oxidation sites excluding steroid dienone is 8. The quantitative estimate of drug-likeness (QED) is 0.0584. The average Bonchev–Trinajstić information content (AvgIpc) is 3.38. The Morgan fingerprint density at radius 1 is 0.849 bits per heavy atom. The van der Waals surface area contributed by atoms with Crippen LogP contribution in [0.25, 0.3) is 10.8 Å². The van der Waals surface area contributed by atoms with Crippen LogP contribution in [0.2, 0.25) is 0 Å². The number of benzene rings is 3. The zero-order valence-electron chi connectivity index (χ0n) is 29.4. The summed E-state index contributed by atoms with van der Waals surface area (Å²) in [4.78, 5) is 12.1. The van der Waals surface area contributed by atoms with Crippen molar-refractivity contribution in [2.45, 2.75) is 48.3 Å². The molecule has 13 nitrogen and oxygen atoms in total. The number of halogens is 1. The highest BCUT2D eigenvalue weighted by Crippen LogP contribution is 2.51. The fourth-order valence-corrected chi connectivity index (χ4v) is 8.99. The molecular weight excluding hydrogens is 858 g/mol. The summed E-state index contributed by atoms with van der Waals surface area (Å²) in [6.45, 7) is 7.58. The van der Waals surface area contributed by atoms with Gasteiger partial charge in [0.15, 0.2) is 5.71 Å². The highest BCUT2D eigenvalue weighted by molar-refractivity contribution is 14.1. The Hall–Kier alpha value is -3.72. The van der Waals surface area contributed by atoms with Gasteiger partial charge in [0.05, 0.1) is 20.5 Å². The van der Waals surface area contributed by atoms with E-state index in [0.29, 0.717) is 27.4 Å². The minimum absolute atomic E-state index is 0.00609. The molecular formula is C36H39IN3O10S3+. The van der Waals surface area contributed by atoms with Crippen LogP contribution in [-0.4, -0.2) is 78.9 Å². The molecule has 5 rings (SSSR count). The molecule has 0 saturated heterocycles. The molecule has 0 aromatic heterocycles. The van der Waals surface area contributed by atoms with Crippen LogP contribution in [0.15, 0.2) is 100 Å². The summed E-state index contributed by atoms with van der Waals surface area (Å²) in [6, 6.07) is 10.5. The van der Waals surface area contributed by atoms with Crippen molar-refractivity contribution in [1.29, 1.82) is 0 Å². The summed E-state index contributed by atoms with van der Waals surface area (Å²) in [7, 11) is -12.3. The van der Waals surface area contributed by atoms with E-state index in [-0.39, 0.29) is 28.6 Å². The number of amides is 1. The summed E-state index contributed by atoms with van der Waals surface area (Å²) in [5.41, 5.74) is 3.93. The second-order valence-corrected chi connectivity index (χ2v) is 18.8. The van der Waals surface area contributed by atoms with Gasteiger partial charge in [0, 0.05) is 52.1 Å². The molecule has 0 saturated carbocycles. The van der Waals surface area contributed by atoms with E-state index >= 15 is 0 Å². The van der Waals surface area contributed by atoms with Crippen molar-refractivity contribution < 1.29 is 48.3 Å². The van der Waals surface area contributed by atoms with Gasteiger partial charge in [-0.15, -0.1) is 0 Å². The van der Waals surface area contributed by atoms with Crippen molar-refractivity contribution >= 4 is 92.4 Å². The normalized spacial score (nSPS) is 17.9. The molecule has 2 aliphatic heterocycles. The van der Waals surface area contributed by atoms with Gasteiger partial charge in [0.2, 0.25) is 11.6 Å². The summed E-state index contributed by atoms with van der Waals surface area (Å²) in [5.74, 6) is -0.716. The van der Waals surface area contributed by atoms with E-state index in [9.17, 15) is 43.7 Å². The molecule has 1 amide bonds. The van der Waals surface area contributed by atoms with Crippen LogP contribution < -0.4 is 10.2 Å². The summed E-state index contributed by atoms with van der Waals surface area (Å²) in [6.07, 6.45) is 12.8. The van der Waals surface area contributed by atoms with Gasteiger partial charge >= 0.3 is 0 Å². The first-order chi connectivity index (χ1) is 24.5. The number of carbonyl (C=O) groups is 1. The Labute approximate surface area is 322 Å². The Balaban J connectivity index is 1.48. The molecule has 0 radical (unpaired) electrons. The largest absolute Gasteiger partial charge is 0.343 e. The lowest BCUT2D eigenvalue weighted by molar-refractivity contribution is -0.401. The summed E-state index contributed by atoms with van der Waals surface area (Å²) in [5, 5.41) is 3.01. The fourth-order valence-electron chi connectivity index (χ4n) is 7.04. The van der Waals surface area contributed by atoms with Crippen LogP contribution in [0.5, 0.6) is 0 Å². The first kappa shape index (κ1) is 40.5. The predicted octanol–water partition coefficient (Wildman–Crippen LogP) is 5.95. The number of carbonyl (C=O) groups excluding carboxylic acids is 1. The number of rotatable bonds is 11. The highest BCUT2D eigenvalue weighted by Gasteiger charge is 2.44. The molecule has 3 aromatic rings. The van der Waals surface area contributed by atoms with Crippen LogP contribution in [0.4, 0.5) is 17.1 Å². The molecule has 0 spiro atoms. The minimum atomic E-state index is -4.94. The molecule has 0 fully saturated rings. The second-order valence-electron chi connectivity index (χ2n) is 13.7. The van der Waals surface area contributed by atoms with Gasteiger partial charge in [0.1, 0.15) is 11.9 Å². The van der Waals surface area contributed by atoms with Crippen molar-refractivity contribution in [3.05, 3.63) is 102 Å². The van der Waals surface area contributed by atoms with Gasteiger partial charge in [-0.1, -0.05) is 72.9 Å².